The number of ether oxygens (including phenoxy) is 1. The Balaban J connectivity index is 1.21. The van der Waals surface area contributed by atoms with Gasteiger partial charge in [-0.05, 0) is 67.8 Å². The molecule has 1 saturated heterocycles. The minimum absolute atomic E-state index is 0.256. The molecule has 192 valence electrons. The first-order valence-corrected chi connectivity index (χ1v) is 12.3. The summed E-state index contributed by atoms with van der Waals surface area (Å²) in [6, 6.07) is 12.9. The maximum atomic E-state index is 13.5. The molecule has 4 aromatic rings. The summed E-state index contributed by atoms with van der Waals surface area (Å²) in [6.45, 7) is 9.22. The number of carbonyl (C=O) groups is 1. The molecule has 2 N–H and O–H groups in total. The van der Waals surface area contributed by atoms with E-state index in [1.54, 1.807) is 17.2 Å². The fourth-order valence-corrected chi connectivity index (χ4v) is 4.27. The third-order valence-electron chi connectivity index (χ3n) is 6.04. The molecule has 1 aliphatic heterocycles. The number of nitrogens with zero attached hydrogens (tertiary/aromatic N) is 5. The molecule has 10 heteroatoms. The highest BCUT2D eigenvalue weighted by atomic mass is 19.1. The lowest BCUT2D eigenvalue weighted by Gasteiger charge is -2.35. The first kappa shape index (κ1) is 24.6. The Morgan fingerprint density at radius 3 is 2.54 bits per heavy atom. The van der Waals surface area contributed by atoms with Crippen LogP contribution in [0.4, 0.5) is 21.0 Å². The quantitative estimate of drug-likeness (QED) is 0.372. The van der Waals surface area contributed by atoms with Crippen molar-refractivity contribution in [3.63, 3.8) is 0 Å². The van der Waals surface area contributed by atoms with Crippen molar-refractivity contribution in [3.05, 3.63) is 66.4 Å². The van der Waals surface area contributed by atoms with Crippen LogP contribution in [-0.2, 0) is 11.3 Å². The molecule has 1 aliphatic rings. The number of hydrogen-bond donors (Lipinski definition) is 2. The standard InChI is InChI=1S/C27H30FN7O2/c1-27(2,3)37-26(36)35-12-10-34(11-13-35)17-18-6-8-30-24(14-18)33-25-31-21-5-4-19(15-22(21)32-25)20-7-9-29-23(28)16-20/h4-9,14-16H,10-13,17H2,1-3H3,(H2,30,31,32,33). The number of aromatic nitrogens is 4. The topological polar surface area (TPSA) is 99.3 Å². The van der Waals surface area contributed by atoms with Crippen LogP contribution in [0.5, 0.6) is 0 Å². The Kier molecular flexibility index (Phi) is 6.75. The smallest absolute Gasteiger partial charge is 0.410 e. The molecule has 4 heterocycles. The summed E-state index contributed by atoms with van der Waals surface area (Å²) >= 11 is 0. The fourth-order valence-electron chi connectivity index (χ4n) is 4.27. The summed E-state index contributed by atoms with van der Waals surface area (Å²) in [5.41, 5.74) is 3.86. The highest BCUT2D eigenvalue weighted by molar-refractivity contribution is 5.83. The molecule has 0 atom stereocenters. The third kappa shape index (κ3) is 6.21. The summed E-state index contributed by atoms with van der Waals surface area (Å²) in [5, 5.41) is 3.25. The van der Waals surface area contributed by atoms with Gasteiger partial charge in [-0.25, -0.2) is 19.7 Å². The lowest BCUT2D eigenvalue weighted by Crippen LogP contribution is -2.49. The summed E-state index contributed by atoms with van der Waals surface area (Å²) in [6.07, 6.45) is 2.97. The van der Waals surface area contributed by atoms with Gasteiger partial charge in [0, 0.05) is 51.2 Å². The molecule has 0 aliphatic carbocycles. The number of rotatable bonds is 5. The van der Waals surface area contributed by atoms with Crippen LogP contribution >= 0.6 is 0 Å². The zero-order chi connectivity index (χ0) is 26.0. The average molecular weight is 504 g/mol. The lowest BCUT2D eigenvalue weighted by atomic mass is 10.1. The molecule has 0 bridgehead atoms. The van der Waals surface area contributed by atoms with Crippen LogP contribution < -0.4 is 5.32 Å². The van der Waals surface area contributed by atoms with Crippen molar-refractivity contribution in [1.29, 1.82) is 0 Å². The molecule has 0 saturated carbocycles. The molecule has 37 heavy (non-hydrogen) atoms. The number of pyridine rings is 2. The monoisotopic (exact) mass is 503 g/mol. The Labute approximate surface area is 214 Å². The summed E-state index contributed by atoms with van der Waals surface area (Å²) in [5.74, 6) is 0.740. The highest BCUT2D eigenvalue weighted by Gasteiger charge is 2.25. The molecule has 0 spiro atoms. The summed E-state index contributed by atoms with van der Waals surface area (Å²) < 4.78 is 19.0. The molecular weight excluding hydrogens is 473 g/mol. The maximum absolute atomic E-state index is 13.5. The zero-order valence-electron chi connectivity index (χ0n) is 21.2. The van der Waals surface area contributed by atoms with Gasteiger partial charge in [0.15, 0.2) is 0 Å². The SMILES string of the molecule is CC(C)(C)OC(=O)N1CCN(Cc2ccnc(Nc3nc4ccc(-c5ccnc(F)c5)cc4[nH]3)c2)CC1. The van der Waals surface area contributed by atoms with Crippen molar-refractivity contribution in [2.75, 3.05) is 31.5 Å². The molecule has 1 aromatic carbocycles. The largest absolute Gasteiger partial charge is 0.444 e. The van der Waals surface area contributed by atoms with Gasteiger partial charge < -0.3 is 19.9 Å². The number of carbonyl (C=O) groups excluding carboxylic acids is 1. The second kappa shape index (κ2) is 10.1. The molecule has 0 unspecified atom stereocenters. The average Bonchev–Trinajstić information content (AvgIpc) is 3.25. The van der Waals surface area contributed by atoms with Crippen LogP contribution in [0.2, 0.25) is 0 Å². The van der Waals surface area contributed by atoms with Gasteiger partial charge in [0.05, 0.1) is 11.0 Å². The van der Waals surface area contributed by atoms with Gasteiger partial charge in [0.2, 0.25) is 11.9 Å². The van der Waals surface area contributed by atoms with Gasteiger partial charge in [0.1, 0.15) is 11.4 Å². The van der Waals surface area contributed by atoms with E-state index in [1.165, 1.54) is 12.3 Å². The number of nitrogens with one attached hydrogen (secondary N) is 2. The number of H-pyrrole nitrogens is 1. The van der Waals surface area contributed by atoms with Crippen molar-refractivity contribution in [2.45, 2.75) is 32.9 Å². The van der Waals surface area contributed by atoms with Gasteiger partial charge in [-0.15, -0.1) is 0 Å². The van der Waals surface area contributed by atoms with Crippen LogP contribution in [0.3, 0.4) is 0 Å². The normalized spacial score (nSPS) is 14.6. The van der Waals surface area contributed by atoms with Gasteiger partial charge in [-0.1, -0.05) is 6.07 Å². The Morgan fingerprint density at radius 2 is 1.78 bits per heavy atom. The molecule has 5 rings (SSSR count). The van der Waals surface area contributed by atoms with Crippen molar-refractivity contribution in [1.82, 2.24) is 29.7 Å². The van der Waals surface area contributed by atoms with Crippen molar-refractivity contribution >= 4 is 28.9 Å². The number of hydrogen-bond acceptors (Lipinski definition) is 7. The molecular formula is C27H30FN7O2. The van der Waals surface area contributed by atoms with Crippen LogP contribution in [0.15, 0.2) is 54.9 Å². The van der Waals surface area contributed by atoms with E-state index >= 15 is 0 Å². The van der Waals surface area contributed by atoms with Crippen LogP contribution in [-0.4, -0.2) is 67.6 Å². The minimum Gasteiger partial charge on any atom is -0.444 e. The molecule has 3 aromatic heterocycles. The molecule has 1 amide bonds. The molecule has 9 nitrogen and oxygen atoms in total. The zero-order valence-corrected chi connectivity index (χ0v) is 21.2. The van der Waals surface area contributed by atoms with Gasteiger partial charge in [-0.3, -0.25) is 4.90 Å². The third-order valence-corrected chi connectivity index (χ3v) is 6.04. The first-order valence-electron chi connectivity index (χ1n) is 12.3. The summed E-state index contributed by atoms with van der Waals surface area (Å²) in [7, 11) is 0. The highest BCUT2D eigenvalue weighted by Crippen LogP contribution is 2.25. The molecule has 0 radical (unpaired) electrons. The number of anilines is 2. The number of benzene rings is 1. The number of piperazine rings is 1. The predicted octanol–water partition coefficient (Wildman–Crippen LogP) is 4.96. The maximum Gasteiger partial charge on any atom is 0.410 e. The predicted molar refractivity (Wildman–Crippen MR) is 140 cm³/mol. The van der Waals surface area contributed by atoms with E-state index in [1.807, 2.05) is 51.1 Å². The first-order chi connectivity index (χ1) is 17.7. The summed E-state index contributed by atoms with van der Waals surface area (Å²) in [4.78, 5) is 32.3. The number of amides is 1. The Bertz CT molecular complexity index is 1410. The van der Waals surface area contributed by atoms with Gasteiger partial charge in [-0.2, -0.15) is 4.39 Å². The van der Waals surface area contributed by atoms with E-state index in [-0.39, 0.29) is 6.09 Å². The van der Waals surface area contributed by atoms with Crippen LogP contribution in [0.1, 0.15) is 26.3 Å². The van der Waals surface area contributed by atoms with E-state index in [9.17, 15) is 9.18 Å². The second-order valence-electron chi connectivity index (χ2n) is 10.1. The van der Waals surface area contributed by atoms with Crippen LogP contribution in [0, 0.1) is 5.95 Å². The number of halogens is 1. The van der Waals surface area contributed by atoms with Crippen LogP contribution in [0.25, 0.3) is 22.2 Å². The van der Waals surface area contributed by atoms with Gasteiger partial charge >= 0.3 is 6.09 Å². The van der Waals surface area contributed by atoms with E-state index in [0.29, 0.717) is 24.9 Å². The minimum atomic E-state index is -0.513. The Hall–Kier alpha value is -4.05. The Morgan fingerprint density at radius 1 is 1.03 bits per heavy atom. The van der Waals surface area contributed by atoms with Gasteiger partial charge in [0.25, 0.3) is 0 Å². The van der Waals surface area contributed by atoms with E-state index in [2.05, 4.69) is 30.2 Å². The number of fused-ring (bicyclic) bond motifs is 1. The lowest BCUT2D eigenvalue weighted by molar-refractivity contribution is 0.0139. The van der Waals surface area contributed by atoms with E-state index in [4.69, 9.17) is 4.74 Å². The van der Waals surface area contributed by atoms with Crippen molar-refractivity contribution in [2.24, 2.45) is 0 Å². The van der Waals surface area contributed by atoms with Crippen molar-refractivity contribution < 1.29 is 13.9 Å². The number of aromatic amines is 1. The van der Waals surface area contributed by atoms with Crippen molar-refractivity contribution in [3.8, 4) is 11.1 Å². The van der Waals surface area contributed by atoms with E-state index in [0.717, 1.165) is 47.4 Å². The van der Waals surface area contributed by atoms with E-state index < -0.39 is 11.5 Å². The second-order valence-corrected chi connectivity index (χ2v) is 10.1. The fraction of sp³-hybridized carbons (Fsp3) is 0.333. The molecule has 1 fully saturated rings. The number of imidazole rings is 1.